The van der Waals surface area contributed by atoms with Crippen LogP contribution in [0.2, 0.25) is 0 Å². The Labute approximate surface area is 645 Å². The van der Waals surface area contributed by atoms with Crippen molar-refractivity contribution in [3.8, 4) is 0 Å². The molecule has 0 rings (SSSR count). The molecule has 0 spiro atoms. The highest BCUT2D eigenvalue weighted by Crippen LogP contribution is 2.45. The minimum Gasteiger partial charge on any atom is -0.462 e. The van der Waals surface area contributed by atoms with Crippen LogP contribution < -0.4 is 0 Å². The fourth-order valence-corrected chi connectivity index (χ4v) is 14.9. The summed E-state index contributed by atoms with van der Waals surface area (Å²) in [6.45, 7) is 12.0. The van der Waals surface area contributed by atoms with Crippen LogP contribution in [-0.2, 0) is 65.4 Å². The third-order valence-corrected chi connectivity index (χ3v) is 22.0. The third-order valence-electron chi connectivity index (χ3n) is 20.1. The van der Waals surface area contributed by atoms with E-state index >= 15 is 0 Å². The van der Waals surface area contributed by atoms with Gasteiger partial charge in [-0.2, -0.15) is 0 Å². The standard InChI is InChI=1S/C86H168O17P2/c1-8-9-10-11-12-13-14-15-16-17-18-19-20-21-22-23-26-33-40-48-55-62-69-85(90)102-81(73-96-83(88)67-60-53-46-39-32-27-24-25-30-36-43-50-57-64-77(2)3)75-100-104(92,93)98-71-80(87)72-99-105(94,95)101-76-82(74-97-84(89)68-61-54-47-42-35-38-45-52-59-66-79(6)7)103-86(91)70-63-56-49-41-34-29-28-31-37-44-51-58-65-78(4)5/h77-82,87H,8-76H2,1-7H3,(H,92,93)(H,94,95)/t80-,81-,82-/m1/s1. The zero-order valence-corrected chi connectivity index (χ0v) is 71.0. The van der Waals surface area contributed by atoms with Gasteiger partial charge < -0.3 is 33.8 Å². The van der Waals surface area contributed by atoms with Crippen LogP contribution in [0.4, 0.5) is 0 Å². The van der Waals surface area contributed by atoms with Gasteiger partial charge in [-0.1, -0.05) is 402 Å². The zero-order chi connectivity index (χ0) is 77.2. The van der Waals surface area contributed by atoms with Gasteiger partial charge in [0.15, 0.2) is 12.2 Å². The number of phosphoric acid groups is 2. The van der Waals surface area contributed by atoms with Crippen LogP contribution >= 0.6 is 15.6 Å². The van der Waals surface area contributed by atoms with Gasteiger partial charge in [-0.15, -0.1) is 0 Å². The minimum atomic E-state index is -4.97. The Balaban J connectivity index is 5.24. The summed E-state index contributed by atoms with van der Waals surface area (Å²) < 4.78 is 68.9. The van der Waals surface area contributed by atoms with E-state index < -0.39 is 97.5 Å². The Morgan fingerprint density at radius 3 is 0.648 bits per heavy atom. The second-order valence-electron chi connectivity index (χ2n) is 32.4. The second-order valence-corrected chi connectivity index (χ2v) is 35.3. The van der Waals surface area contributed by atoms with E-state index in [0.29, 0.717) is 25.7 Å². The van der Waals surface area contributed by atoms with Crippen molar-refractivity contribution in [1.82, 2.24) is 0 Å². The van der Waals surface area contributed by atoms with Gasteiger partial charge in [-0.3, -0.25) is 37.3 Å². The lowest BCUT2D eigenvalue weighted by Crippen LogP contribution is -2.30. The van der Waals surface area contributed by atoms with Gasteiger partial charge in [-0.25, -0.2) is 9.13 Å². The van der Waals surface area contributed by atoms with Gasteiger partial charge in [0.25, 0.3) is 0 Å². The molecule has 2 unspecified atom stereocenters. The first-order valence-corrected chi connectivity index (χ1v) is 47.3. The van der Waals surface area contributed by atoms with E-state index in [4.69, 9.17) is 37.0 Å². The number of phosphoric ester groups is 2. The molecule has 0 aromatic carbocycles. The molecule has 0 amide bonds. The molecule has 0 radical (unpaired) electrons. The monoisotopic (exact) mass is 1540 g/mol. The van der Waals surface area contributed by atoms with Crippen LogP contribution in [0.1, 0.15) is 453 Å². The normalized spacial score (nSPS) is 13.9. The molecule has 5 atom stereocenters. The molecule has 0 aromatic rings. The molecule has 0 aromatic heterocycles. The number of carbonyl (C=O) groups is 4. The summed E-state index contributed by atoms with van der Waals surface area (Å²) in [4.78, 5) is 73.2. The number of ether oxygens (including phenoxy) is 4. The van der Waals surface area contributed by atoms with Crippen molar-refractivity contribution >= 4 is 39.5 Å². The lowest BCUT2D eigenvalue weighted by atomic mass is 10.0. The molecule has 0 fully saturated rings. The summed E-state index contributed by atoms with van der Waals surface area (Å²) in [6.07, 6.45) is 66.7. The van der Waals surface area contributed by atoms with Crippen LogP contribution in [0.15, 0.2) is 0 Å². The van der Waals surface area contributed by atoms with E-state index in [1.807, 2.05) is 0 Å². The van der Waals surface area contributed by atoms with Gasteiger partial charge in [-0.05, 0) is 43.4 Å². The predicted molar refractivity (Wildman–Crippen MR) is 432 cm³/mol. The third kappa shape index (κ3) is 79.9. The molecule has 0 heterocycles. The molecule has 17 nitrogen and oxygen atoms in total. The lowest BCUT2D eigenvalue weighted by molar-refractivity contribution is -0.161. The number of carbonyl (C=O) groups excluding carboxylic acids is 4. The van der Waals surface area contributed by atoms with Gasteiger partial charge in [0.2, 0.25) is 0 Å². The average molecular weight is 1540 g/mol. The number of esters is 4. The number of aliphatic hydroxyl groups is 1. The fraction of sp³-hybridized carbons (Fsp3) is 0.953. The molecule has 0 aliphatic heterocycles. The molecule has 105 heavy (non-hydrogen) atoms. The van der Waals surface area contributed by atoms with E-state index in [9.17, 15) is 43.2 Å². The van der Waals surface area contributed by atoms with Crippen molar-refractivity contribution in [1.29, 1.82) is 0 Å². The number of rotatable bonds is 84. The molecule has 19 heteroatoms. The maximum atomic E-state index is 13.1. The van der Waals surface area contributed by atoms with E-state index in [0.717, 1.165) is 108 Å². The molecule has 0 aliphatic carbocycles. The predicted octanol–water partition coefficient (Wildman–Crippen LogP) is 26.1. The van der Waals surface area contributed by atoms with E-state index in [1.54, 1.807) is 0 Å². The fourth-order valence-electron chi connectivity index (χ4n) is 13.4. The first kappa shape index (κ1) is 103. The van der Waals surface area contributed by atoms with Crippen LogP contribution in [0.5, 0.6) is 0 Å². The molecule has 0 bridgehead atoms. The highest BCUT2D eigenvalue weighted by atomic mass is 31.2. The van der Waals surface area contributed by atoms with Gasteiger partial charge >= 0.3 is 39.5 Å². The van der Waals surface area contributed by atoms with Crippen molar-refractivity contribution < 1.29 is 80.2 Å². The first-order valence-electron chi connectivity index (χ1n) is 44.3. The Morgan fingerprint density at radius 2 is 0.438 bits per heavy atom. The largest absolute Gasteiger partial charge is 0.472 e. The Kier molecular flexibility index (Phi) is 74.7. The summed E-state index contributed by atoms with van der Waals surface area (Å²) >= 11 is 0. The van der Waals surface area contributed by atoms with Gasteiger partial charge in [0, 0.05) is 25.7 Å². The first-order chi connectivity index (χ1) is 50.7. The van der Waals surface area contributed by atoms with Gasteiger partial charge in [0.1, 0.15) is 19.3 Å². The summed E-state index contributed by atoms with van der Waals surface area (Å²) in [7, 11) is -9.93. The topological polar surface area (TPSA) is 237 Å². The number of hydrogen-bond donors (Lipinski definition) is 3. The lowest BCUT2D eigenvalue weighted by Gasteiger charge is -2.21. The van der Waals surface area contributed by atoms with E-state index in [1.165, 1.54) is 263 Å². The molecule has 0 saturated heterocycles. The molecule has 0 saturated carbocycles. The maximum absolute atomic E-state index is 13.1. The molecular weight excluding hydrogens is 1370 g/mol. The molecular formula is C86H168O17P2. The summed E-state index contributed by atoms with van der Waals surface area (Å²) in [5.74, 6) is 0.206. The van der Waals surface area contributed by atoms with Crippen LogP contribution in [0.3, 0.4) is 0 Å². The van der Waals surface area contributed by atoms with Crippen molar-refractivity contribution in [3.63, 3.8) is 0 Å². The summed E-state index contributed by atoms with van der Waals surface area (Å²) in [5, 5.41) is 10.7. The number of unbranched alkanes of at least 4 members (excludes halogenated alkanes) is 52. The summed E-state index contributed by atoms with van der Waals surface area (Å²) in [6, 6.07) is 0. The number of aliphatic hydroxyl groups excluding tert-OH is 1. The molecule has 624 valence electrons. The van der Waals surface area contributed by atoms with Crippen LogP contribution in [-0.4, -0.2) is 96.7 Å². The van der Waals surface area contributed by atoms with Crippen molar-refractivity contribution in [3.05, 3.63) is 0 Å². The second kappa shape index (κ2) is 76.1. The van der Waals surface area contributed by atoms with E-state index in [2.05, 4.69) is 48.5 Å². The van der Waals surface area contributed by atoms with Crippen molar-refractivity contribution in [2.75, 3.05) is 39.6 Å². The summed E-state index contributed by atoms with van der Waals surface area (Å²) in [5.41, 5.74) is 0. The molecule has 0 aliphatic rings. The zero-order valence-electron chi connectivity index (χ0n) is 69.2. The van der Waals surface area contributed by atoms with Crippen LogP contribution in [0.25, 0.3) is 0 Å². The highest BCUT2D eigenvalue weighted by Gasteiger charge is 2.30. The minimum absolute atomic E-state index is 0.107. The quantitative estimate of drug-likeness (QED) is 0.0222. The number of hydrogen-bond acceptors (Lipinski definition) is 15. The van der Waals surface area contributed by atoms with Crippen LogP contribution in [0, 0.1) is 17.8 Å². The maximum Gasteiger partial charge on any atom is 0.472 e. The Morgan fingerprint density at radius 1 is 0.257 bits per heavy atom. The Hall–Kier alpha value is -1.94. The van der Waals surface area contributed by atoms with Gasteiger partial charge in [0.05, 0.1) is 26.4 Å². The van der Waals surface area contributed by atoms with Crippen molar-refractivity contribution in [2.24, 2.45) is 17.8 Å². The molecule has 3 N–H and O–H groups in total. The highest BCUT2D eigenvalue weighted by molar-refractivity contribution is 7.47. The average Bonchev–Trinajstić information content (AvgIpc) is 0.906. The smallest absolute Gasteiger partial charge is 0.462 e. The SMILES string of the molecule is CCCCCCCCCCCCCCCCCCCCCCCCC(=O)O[C@H](COC(=O)CCCCCCCCCCCCCCCC(C)C)COP(=O)(O)OC[C@@H](O)COP(=O)(O)OC[C@@H](COC(=O)CCCCCCCCCCCC(C)C)OC(=O)CCCCCCCCCCCCCCC(C)C. The van der Waals surface area contributed by atoms with E-state index in [-0.39, 0.29) is 25.7 Å². The van der Waals surface area contributed by atoms with Crippen molar-refractivity contribution in [2.45, 2.75) is 471 Å². The Bertz CT molecular complexity index is 2030.